The number of rotatable bonds is 7. The summed E-state index contributed by atoms with van der Waals surface area (Å²) in [5, 5.41) is 2.89. The maximum absolute atomic E-state index is 12.2. The molecule has 1 aliphatic rings. The highest BCUT2D eigenvalue weighted by atomic mass is 32.2. The average Bonchev–Trinajstić information content (AvgIpc) is 2.59. The lowest BCUT2D eigenvalue weighted by Gasteiger charge is -2.34. The van der Waals surface area contributed by atoms with Crippen molar-refractivity contribution in [3.8, 4) is 0 Å². The van der Waals surface area contributed by atoms with Gasteiger partial charge in [0, 0.05) is 37.6 Å². The first-order chi connectivity index (χ1) is 11.2. The number of carbonyl (C=O) groups excluding carboxylic acids is 2. The Labute approximate surface area is 142 Å². The third-order valence-corrected chi connectivity index (χ3v) is 4.77. The Morgan fingerprint density at radius 3 is 2.48 bits per heavy atom. The van der Waals surface area contributed by atoms with Gasteiger partial charge in [-0.15, -0.1) is 11.8 Å². The van der Waals surface area contributed by atoms with Crippen LogP contribution in [0.2, 0.25) is 0 Å². The van der Waals surface area contributed by atoms with Crippen LogP contribution in [0.15, 0.2) is 35.2 Å². The molecule has 0 radical (unpaired) electrons. The van der Waals surface area contributed by atoms with Crippen molar-refractivity contribution in [1.29, 1.82) is 0 Å². The summed E-state index contributed by atoms with van der Waals surface area (Å²) in [6, 6.07) is 9.97. The maximum atomic E-state index is 12.2. The molecule has 0 aliphatic carbocycles. The number of piperazine rings is 1. The number of amides is 2. The first-order valence-corrected chi connectivity index (χ1v) is 9.12. The van der Waals surface area contributed by atoms with E-state index >= 15 is 0 Å². The molecular weight excluding hydrogens is 310 g/mol. The highest BCUT2D eigenvalue weighted by molar-refractivity contribution is 8.00. The molecule has 2 amide bonds. The minimum atomic E-state index is 0.0752. The third kappa shape index (κ3) is 6.23. The molecule has 1 N–H and O–H groups in total. The van der Waals surface area contributed by atoms with E-state index < -0.39 is 0 Å². The molecule has 6 heteroatoms. The largest absolute Gasteiger partial charge is 0.355 e. The van der Waals surface area contributed by atoms with Gasteiger partial charge in [0.25, 0.3) is 0 Å². The van der Waals surface area contributed by atoms with Crippen molar-refractivity contribution in [2.75, 3.05) is 45.0 Å². The van der Waals surface area contributed by atoms with Gasteiger partial charge in [0.1, 0.15) is 0 Å². The van der Waals surface area contributed by atoms with E-state index in [1.807, 2.05) is 42.2 Å². The van der Waals surface area contributed by atoms with Crippen LogP contribution in [0.1, 0.15) is 13.3 Å². The van der Waals surface area contributed by atoms with Crippen LogP contribution in [0.4, 0.5) is 0 Å². The van der Waals surface area contributed by atoms with Gasteiger partial charge in [0.05, 0.1) is 12.3 Å². The van der Waals surface area contributed by atoms with E-state index in [4.69, 9.17) is 0 Å². The molecule has 0 spiro atoms. The van der Waals surface area contributed by atoms with E-state index in [-0.39, 0.29) is 11.8 Å². The summed E-state index contributed by atoms with van der Waals surface area (Å²) in [4.78, 5) is 29.1. The van der Waals surface area contributed by atoms with Gasteiger partial charge in [-0.3, -0.25) is 14.5 Å². The standard InChI is InChI=1S/C17H25N3O2S/c1-2-8-18-16(21)13-19-9-11-20(12-10-19)17(22)14-23-15-6-4-3-5-7-15/h3-7H,2,8-14H2,1H3,(H,18,21). The Bertz CT molecular complexity index is 502. The van der Waals surface area contributed by atoms with Gasteiger partial charge in [-0.25, -0.2) is 0 Å². The predicted octanol–water partition coefficient (Wildman–Crippen LogP) is 1.45. The maximum Gasteiger partial charge on any atom is 0.234 e. The smallest absolute Gasteiger partial charge is 0.234 e. The molecule has 0 bridgehead atoms. The predicted molar refractivity (Wildman–Crippen MR) is 93.5 cm³/mol. The highest BCUT2D eigenvalue weighted by Crippen LogP contribution is 2.17. The van der Waals surface area contributed by atoms with Crippen molar-refractivity contribution in [3.63, 3.8) is 0 Å². The van der Waals surface area contributed by atoms with Gasteiger partial charge in [0.15, 0.2) is 0 Å². The molecule has 2 rings (SSSR count). The second-order valence-corrected chi connectivity index (χ2v) is 6.66. The van der Waals surface area contributed by atoms with Crippen LogP contribution in [0.5, 0.6) is 0 Å². The van der Waals surface area contributed by atoms with Crippen LogP contribution >= 0.6 is 11.8 Å². The van der Waals surface area contributed by atoms with Gasteiger partial charge in [-0.2, -0.15) is 0 Å². The van der Waals surface area contributed by atoms with Crippen LogP contribution in [0, 0.1) is 0 Å². The molecule has 0 atom stereocenters. The van der Waals surface area contributed by atoms with Crippen molar-refractivity contribution in [1.82, 2.24) is 15.1 Å². The Morgan fingerprint density at radius 2 is 1.83 bits per heavy atom. The third-order valence-electron chi connectivity index (χ3n) is 3.77. The zero-order chi connectivity index (χ0) is 16.5. The first kappa shape index (κ1) is 17.8. The lowest BCUT2D eigenvalue weighted by molar-refractivity contribution is -0.130. The summed E-state index contributed by atoms with van der Waals surface area (Å²) in [7, 11) is 0. The number of nitrogens with one attached hydrogen (secondary N) is 1. The van der Waals surface area contributed by atoms with Crippen molar-refractivity contribution in [3.05, 3.63) is 30.3 Å². The van der Waals surface area contributed by atoms with E-state index in [0.29, 0.717) is 25.4 Å². The lowest BCUT2D eigenvalue weighted by Crippen LogP contribution is -2.51. The number of nitrogens with zero attached hydrogens (tertiary/aromatic N) is 2. The van der Waals surface area contributed by atoms with E-state index in [1.54, 1.807) is 11.8 Å². The van der Waals surface area contributed by atoms with E-state index in [2.05, 4.69) is 10.2 Å². The fourth-order valence-electron chi connectivity index (χ4n) is 2.43. The Morgan fingerprint density at radius 1 is 1.13 bits per heavy atom. The van der Waals surface area contributed by atoms with Gasteiger partial charge in [0.2, 0.25) is 11.8 Å². The summed E-state index contributed by atoms with van der Waals surface area (Å²) in [6.07, 6.45) is 0.951. The normalized spacial score (nSPS) is 15.4. The number of benzene rings is 1. The lowest BCUT2D eigenvalue weighted by atomic mass is 10.3. The summed E-state index contributed by atoms with van der Waals surface area (Å²) < 4.78 is 0. The summed E-state index contributed by atoms with van der Waals surface area (Å²) in [5.74, 6) is 0.723. The number of carbonyl (C=O) groups is 2. The van der Waals surface area contributed by atoms with E-state index in [1.165, 1.54) is 0 Å². The van der Waals surface area contributed by atoms with E-state index in [0.717, 1.165) is 31.0 Å². The fraction of sp³-hybridized carbons (Fsp3) is 0.529. The molecule has 1 saturated heterocycles. The van der Waals surface area contributed by atoms with Crippen molar-refractivity contribution >= 4 is 23.6 Å². The van der Waals surface area contributed by atoms with E-state index in [9.17, 15) is 9.59 Å². The van der Waals surface area contributed by atoms with Gasteiger partial charge < -0.3 is 10.2 Å². The first-order valence-electron chi connectivity index (χ1n) is 8.13. The number of hydrogen-bond acceptors (Lipinski definition) is 4. The summed E-state index contributed by atoms with van der Waals surface area (Å²) in [5.41, 5.74) is 0. The Kier molecular flexibility index (Phi) is 7.42. The van der Waals surface area contributed by atoms with Crippen LogP contribution < -0.4 is 5.32 Å². The SMILES string of the molecule is CCCNC(=O)CN1CCN(C(=O)CSc2ccccc2)CC1. The van der Waals surface area contributed by atoms with Gasteiger partial charge >= 0.3 is 0 Å². The quantitative estimate of drug-likeness (QED) is 0.766. The van der Waals surface area contributed by atoms with Crippen molar-refractivity contribution < 1.29 is 9.59 Å². The molecule has 0 unspecified atom stereocenters. The zero-order valence-electron chi connectivity index (χ0n) is 13.7. The highest BCUT2D eigenvalue weighted by Gasteiger charge is 2.22. The zero-order valence-corrected chi connectivity index (χ0v) is 14.5. The van der Waals surface area contributed by atoms with Gasteiger partial charge in [-0.1, -0.05) is 25.1 Å². The molecule has 0 saturated carbocycles. The molecule has 126 valence electrons. The van der Waals surface area contributed by atoms with Crippen LogP contribution in [-0.4, -0.2) is 66.6 Å². The Hall–Kier alpha value is -1.53. The molecular formula is C17H25N3O2S. The van der Waals surface area contributed by atoms with Crippen LogP contribution in [-0.2, 0) is 9.59 Å². The molecule has 0 aromatic heterocycles. The van der Waals surface area contributed by atoms with Crippen molar-refractivity contribution in [2.24, 2.45) is 0 Å². The molecule has 1 aromatic rings. The summed E-state index contributed by atoms with van der Waals surface area (Å²) >= 11 is 1.57. The monoisotopic (exact) mass is 335 g/mol. The topological polar surface area (TPSA) is 52.7 Å². The Balaban J connectivity index is 1.67. The second-order valence-electron chi connectivity index (χ2n) is 5.61. The number of hydrogen-bond donors (Lipinski definition) is 1. The average molecular weight is 335 g/mol. The molecule has 23 heavy (non-hydrogen) atoms. The van der Waals surface area contributed by atoms with Crippen LogP contribution in [0.25, 0.3) is 0 Å². The van der Waals surface area contributed by atoms with Gasteiger partial charge in [-0.05, 0) is 18.6 Å². The second kappa shape index (κ2) is 9.57. The molecule has 5 nitrogen and oxygen atoms in total. The number of thioether (sulfide) groups is 1. The minimum absolute atomic E-state index is 0.0752. The van der Waals surface area contributed by atoms with Crippen molar-refractivity contribution in [2.45, 2.75) is 18.2 Å². The minimum Gasteiger partial charge on any atom is -0.355 e. The summed E-state index contributed by atoms with van der Waals surface area (Å²) in [6.45, 7) is 6.14. The molecule has 1 aliphatic heterocycles. The molecule has 1 aromatic carbocycles. The molecule has 1 fully saturated rings. The fourth-order valence-corrected chi connectivity index (χ4v) is 3.25. The molecule has 1 heterocycles. The van der Waals surface area contributed by atoms with Crippen LogP contribution in [0.3, 0.4) is 0 Å².